The first-order valence-electron chi connectivity index (χ1n) is 7.43. The number of rotatable bonds is 6. The standard InChI is InChI=1S/C18H19BrClNO3/c1-11-8-13(19)9-15(20)18(11)24-10-17(22)21-12(2)14-6-4-5-7-16(14)23-3/h4-9,12H,10H2,1-3H3,(H,21,22)/t12-/m1/s1. The third-order valence-electron chi connectivity index (χ3n) is 3.52. The average molecular weight is 413 g/mol. The Balaban J connectivity index is 1.99. The Bertz CT molecular complexity index is 713. The van der Waals surface area contributed by atoms with Gasteiger partial charge in [0.1, 0.15) is 11.5 Å². The van der Waals surface area contributed by atoms with E-state index in [1.165, 1.54) is 0 Å². The summed E-state index contributed by atoms with van der Waals surface area (Å²) in [5.41, 5.74) is 1.77. The lowest BCUT2D eigenvalue weighted by molar-refractivity contribution is -0.123. The molecule has 0 aliphatic rings. The number of para-hydroxylation sites is 1. The summed E-state index contributed by atoms with van der Waals surface area (Å²) in [7, 11) is 1.61. The Morgan fingerprint density at radius 2 is 2.04 bits per heavy atom. The number of hydrogen-bond acceptors (Lipinski definition) is 3. The minimum Gasteiger partial charge on any atom is -0.496 e. The largest absolute Gasteiger partial charge is 0.496 e. The normalized spacial score (nSPS) is 11.7. The first-order valence-corrected chi connectivity index (χ1v) is 8.60. The fourth-order valence-electron chi connectivity index (χ4n) is 2.39. The lowest BCUT2D eigenvalue weighted by Crippen LogP contribution is -2.31. The molecule has 0 aliphatic carbocycles. The first kappa shape index (κ1) is 18.6. The van der Waals surface area contributed by atoms with Crippen LogP contribution in [-0.2, 0) is 4.79 Å². The molecule has 2 aromatic rings. The summed E-state index contributed by atoms with van der Waals surface area (Å²) in [4.78, 5) is 12.2. The topological polar surface area (TPSA) is 47.6 Å². The second-order valence-corrected chi connectivity index (χ2v) is 6.68. The Kier molecular flexibility index (Phi) is 6.52. The van der Waals surface area contributed by atoms with Crippen molar-refractivity contribution in [1.82, 2.24) is 5.32 Å². The van der Waals surface area contributed by atoms with Crippen molar-refractivity contribution in [3.63, 3.8) is 0 Å². The number of hydrogen-bond donors (Lipinski definition) is 1. The molecule has 0 unspecified atom stereocenters. The fraction of sp³-hybridized carbons (Fsp3) is 0.278. The van der Waals surface area contributed by atoms with Gasteiger partial charge in [-0.25, -0.2) is 0 Å². The molecule has 1 N–H and O–H groups in total. The van der Waals surface area contributed by atoms with Crippen molar-refractivity contribution in [1.29, 1.82) is 0 Å². The molecule has 0 radical (unpaired) electrons. The van der Waals surface area contributed by atoms with Crippen LogP contribution in [0.1, 0.15) is 24.1 Å². The molecular formula is C18H19BrClNO3. The highest BCUT2D eigenvalue weighted by Gasteiger charge is 2.15. The van der Waals surface area contributed by atoms with Gasteiger partial charge in [-0.15, -0.1) is 0 Å². The van der Waals surface area contributed by atoms with E-state index in [-0.39, 0.29) is 18.6 Å². The number of benzene rings is 2. The van der Waals surface area contributed by atoms with Crippen LogP contribution in [-0.4, -0.2) is 19.6 Å². The lowest BCUT2D eigenvalue weighted by Gasteiger charge is -2.18. The molecule has 0 saturated heterocycles. The summed E-state index contributed by atoms with van der Waals surface area (Å²) in [6.45, 7) is 3.66. The molecule has 1 amide bonds. The molecule has 0 aliphatic heterocycles. The van der Waals surface area contributed by atoms with Crippen molar-refractivity contribution < 1.29 is 14.3 Å². The number of amides is 1. The minimum atomic E-state index is -0.230. The summed E-state index contributed by atoms with van der Waals surface area (Å²) in [6, 6.07) is 11.0. The van der Waals surface area contributed by atoms with Crippen LogP contribution in [0.2, 0.25) is 5.02 Å². The molecule has 0 spiro atoms. The fourth-order valence-corrected chi connectivity index (χ4v) is 3.42. The van der Waals surface area contributed by atoms with Gasteiger partial charge < -0.3 is 14.8 Å². The van der Waals surface area contributed by atoms with Crippen molar-refractivity contribution >= 4 is 33.4 Å². The van der Waals surface area contributed by atoms with Gasteiger partial charge >= 0.3 is 0 Å². The van der Waals surface area contributed by atoms with Crippen molar-refractivity contribution in [2.75, 3.05) is 13.7 Å². The molecule has 0 heterocycles. The monoisotopic (exact) mass is 411 g/mol. The third-order valence-corrected chi connectivity index (χ3v) is 4.26. The van der Waals surface area contributed by atoms with E-state index in [0.717, 1.165) is 21.3 Å². The molecule has 0 saturated carbocycles. The third kappa shape index (κ3) is 4.65. The van der Waals surface area contributed by atoms with E-state index in [1.54, 1.807) is 13.2 Å². The van der Waals surface area contributed by atoms with Gasteiger partial charge in [0.2, 0.25) is 0 Å². The Morgan fingerprint density at radius 3 is 2.71 bits per heavy atom. The van der Waals surface area contributed by atoms with Gasteiger partial charge in [-0.05, 0) is 37.6 Å². The van der Waals surface area contributed by atoms with E-state index in [1.807, 2.05) is 44.2 Å². The van der Waals surface area contributed by atoms with Crippen LogP contribution in [0.15, 0.2) is 40.9 Å². The SMILES string of the molecule is COc1ccccc1[C@@H](C)NC(=O)COc1c(C)cc(Br)cc1Cl. The van der Waals surface area contributed by atoms with E-state index in [0.29, 0.717) is 10.8 Å². The molecule has 1 atom stereocenters. The number of methoxy groups -OCH3 is 1. The number of halogens is 2. The highest BCUT2D eigenvalue weighted by Crippen LogP contribution is 2.32. The van der Waals surface area contributed by atoms with E-state index in [2.05, 4.69) is 21.2 Å². The number of carbonyl (C=O) groups is 1. The second kappa shape index (κ2) is 8.40. The quantitative estimate of drug-likeness (QED) is 0.749. The van der Waals surface area contributed by atoms with E-state index < -0.39 is 0 Å². The number of aryl methyl sites for hydroxylation is 1. The van der Waals surface area contributed by atoms with E-state index in [4.69, 9.17) is 21.1 Å². The maximum absolute atomic E-state index is 12.2. The Labute approximate surface area is 155 Å². The molecule has 0 fully saturated rings. The predicted octanol–water partition coefficient (Wildman–Crippen LogP) is 4.68. The molecule has 128 valence electrons. The number of ether oxygens (including phenoxy) is 2. The summed E-state index contributed by atoms with van der Waals surface area (Å²) in [6.07, 6.45) is 0. The van der Waals surface area contributed by atoms with Gasteiger partial charge in [-0.1, -0.05) is 45.7 Å². The second-order valence-electron chi connectivity index (χ2n) is 5.35. The molecule has 2 rings (SSSR count). The first-order chi connectivity index (χ1) is 11.4. The highest BCUT2D eigenvalue weighted by atomic mass is 79.9. The Hall–Kier alpha value is -1.72. The minimum absolute atomic E-state index is 0.109. The van der Waals surface area contributed by atoms with Gasteiger partial charge in [0.25, 0.3) is 5.91 Å². The Morgan fingerprint density at radius 1 is 1.33 bits per heavy atom. The molecule has 24 heavy (non-hydrogen) atoms. The van der Waals surface area contributed by atoms with Gasteiger partial charge in [0.05, 0.1) is 18.2 Å². The van der Waals surface area contributed by atoms with Crippen LogP contribution in [0.25, 0.3) is 0 Å². The summed E-state index contributed by atoms with van der Waals surface area (Å²) in [5.74, 6) is 1.02. The molecule has 6 heteroatoms. The number of nitrogens with one attached hydrogen (secondary N) is 1. The smallest absolute Gasteiger partial charge is 0.258 e. The van der Waals surface area contributed by atoms with Crippen LogP contribution in [0.5, 0.6) is 11.5 Å². The van der Waals surface area contributed by atoms with Gasteiger partial charge in [0, 0.05) is 10.0 Å². The van der Waals surface area contributed by atoms with Gasteiger partial charge in [0.15, 0.2) is 6.61 Å². The van der Waals surface area contributed by atoms with Crippen molar-refractivity contribution in [3.05, 3.63) is 57.0 Å². The van der Waals surface area contributed by atoms with Crippen LogP contribution in [0, 0.1) is 6.92 Å². The van der Waals surface area contributed by atoms with E-state index >= 15 is 0 Å². The zero-order chi connectivity index (χ0) is 17.7. The van der Waals surface area contributed by atoms with Gasteiger partial charge in [-0.2, -0.15) is 0 Å². The maximum Gasteiger partial charge on any atom is 0.258 e. The van der Waals surface area contributed by atoms with Crippen LogP contribution >= 0.6 is 27.5 Å². The zero-order valence-corrected chi connectivity index (χ0v) is 16.1. The molecule has 4 nitrogen and oxygen atoms in total. The summed E-state index contributed by atoms with van der Waals surface area (Å²) < 4.78 is 11.8. The van der Waals surface area contributed by atoms with Crippen LogP contribution in [0.3, 0.4) is 0 Å². The average Bonchev–Trinajstić information content (AvgIpc) is 2.53. The van der Waals surface area contributed by atoms with Crippen LogP contribution in [0.4, 0.5) is 0 Å². The van der Waals surface area contributed by atoms with Crippen molar-refractivity contribution in [2.24, 2.45) is 0 Å². The summed E-state index contributed by atoms with van der Waals surface area (Å²) in [5, 5.41) is 3.36. The summed E-state index contributed by atoms with van der Waals surface area (Å²) >= 11 is 9.52. The van der Waals surface area contributed by atoms with E-state index in [9.17, 15) is 4.79 Å². The molecule has 0 aromatic heterocycles. The predicted molar refractivity (Wildman–Crippen MR) is 98.9 cm³/mol. The zero-order valence-electron chi connectivity index (χ0n) is 13.7. The van der Waals surface area contributed by atoms with Crippen molar-refractivity contribution in [2.45, 2.75) is 19.9 Å². The highest BCUT2D eigenvalue weighted by molar-refractivity contribution is 9.10. The van der Waals surface area contributed by atoms with Gasteiger partial charge in [-0.3, -0.25) is 4.79 Å². The number of carbonyl (C=O) groups excluding carboxylic acids is 1. The lowest BCUT2D eigenvalue weighted by atomic mass is 10.1. The maximum atomic E-state index is 12.2. The molecular weight excluding hydrogens is 394 g/mol. The molecule has 2 aromatic carbocycles. The van der Waals surface area contributed by atoms with Crippen molar-refractivity contribution in [3.8, 4) is 11.5 Å². The molecule has 0 bridgehead atoms. The van der Waals surface area contributed by atoms with Crippen LogP contribution < -0.4 is 14.8 Å².